The molecule has 0 aromatic carbocycles. The van der Waals surface area contributed by atoms with Gasteiger partial charge in [0.05, 0.1) is 6.61 Å². The zero-order chi connectivity index (χ0) is 15.0. The van der Waals surface area contributed by atoms with Crippen LogP contribution in [0.1, 0.15) is 33.1 Å². The number of hydrogen-bond acceptors (Lipinski definition) is 4. The quantitative estimate of drug-likeness (QED) is 0.769. The van der Waals surface area contributed by atoms with Gasteiger partial charge in [0.1, 0.15) is 11.4 Å². The van der Waals surface area contributed by atoms with Crippen LogP contribution in [0.4, 0.5) is 0 Å². The van der Waals surface area contributed by atoms with Crippen LogP contribution in [0.2, 0.25) is 0 Å². The van der Waals surface area contributed by atoms with Crippen molar-refractivity contribution in [3.8, 4) is 0 Å². The van der Waals surface area contributed by atoms with Gasteiger partial charge in [0.15, 0.2) is 0 Å². The van der Waals surface area contributed by atoms with Gasteiger partial charge in [-0.3, -0.25) is 14.7 Å². The Morgan fingerprint density at radius 3 is 2.81 bits per heavy atom. The first-order valence-electron chi connectivity index (χ1n) is 8.28. The number of hydrogen-bond donors (Lipinski definition) is 0. The minimum Gasteiger partial charge on any atom is -0.383 e. The molecular weight excluding hydrogens is 266 g/mol. The molecular formula is C16H27N3O2. The van der Waals surface area contributed by atoms with E-state index in [2.05, 4.69) is 11.8 Å². The van der Waals surface area contributed by atoms with E-state index < -0.39 is 5.54 Å². The molecule has 0 aromatic heterocycles. The number of rotatable bonds is 5. The summed E-state index contributed by atoms with van der Waals surface area (Å²) in [5, 5.41) is 0. The summed E-state index contributed by atoms with van der Waals surface area (Å²) >= 11 is 0. The molecule has 0 unspecified atom stereocenters. The van der Waals surface area contributed by atoms with Crippen LogP contribution in [0.3, 0.4) is 0 Å². The van der Waals surface area contributed by atoms with E-state index >= 15 is 0 Å². The topological polar surface area (TPSA) is 45.1 Å². The lowest BCUT2D eigenvalue weighted by molar-refractivity contribution is -0.132. The van der Waals surface area contributed by atoms with Crippen molar-refractivity contribution in [3.05, 3.63) is 0 Å². The number of nitrogens with zero attached hydrogens (tertiary/aromatic N) is 3. The third kappa shape index (κ3) is 2.21. The molecule has 5 heteroatoms. The van der Waals surface area contributed by atoms with Gasteiger partial charge in [0.25, 0.3) is 5.91 Å². The second-order valence-corrected chi connectivity index (χ2v) is 6.51. The Hall–Kier alpha value is -0.940. The third-order valence-electron chi connectivity index (χ3n) is 5.53. The molecule has 118 valence electrons. The van der Waals surface area contributed by atoms with Crippen LogP contribution < -0.4 is 0 Å². The molecule has 1 aliphatic carbocycles. The van der Waals surface area contributed by atoms with Gasteiger partial charge < -0.3 is 9.64 Å². The van der Waals surface area contributed by atoms with Gasteiger partial charge in [-0.2, -0.15) is 0 Å². The van der Waals surface area contributed by atoms with Crippen molar-refractivity contribution in [2.75, 3.05) is 39.9 Å². The van der Waals surface area contributed by atoms with Crippen molar-refractivity contribution < 1.29 is 9.53 Å². The molecule has 3 atom stereocenters. The molecule has 2 fully saturated rings. The molecule has 0 bridgehead atoms. The fourth-order valence-corrected chi connectivity index (χ4v) is 4.48. The molecule has 2 aliphatic heterocycles. The smallest absolute Gasteiger partial charge is 0.256 e. The van der Waals surface area contributed by atoms with Crippen molar-refractivity contribution in [2.24, 2.45) is 16.8 Å². The molecule has 0 aromatic rings. The van der Waals surface area contributed by atoms with Crippen LogP contribution in [0.5, 0.6) is 0 Å². The molecule has 1 saturated carbocycles. The SMILES string of the molecule is CCC1=N[C@@]2(CC[C@@H]3CN(CCOC)C[C@@H]32)C(=O)N1CC. The largest absolute Gasteiger partial charge is 0.383 e. The minimum absolute atomic E-state index is 0.267. The monoisotopic (exact) mass is 293 g/mol. The molecule has 1 amide bonds. The van der Waals surface area contributed by atoms with Crippen molar-refractivity contribution in [2.45, 2.75) is 38.6 Å². The van der Waals surface area contributed by atoms with Crippen LogP contribution in [0.15, 0.2) is 4.99 Å². The van der Waals surface area contributed by atoms with Crippen LogP contribution in [0.25, 0.3) is 0 Å². The zero-order valence-electron chi connectivity index (χ0n) is 13.5. The van der Waals surface area contributed by atoms with Crippen molar-refractivity contribution in [1.82, 2.24) is 9.80 Å². The van der Waals surface area contributed by atoms with E-state index in [1.165, 1.54) is 0 Å². The number of carbonyl (C=O) groups is 1. The molecule has 1 saturated heterocycles. The zero-order valence-corrected chi connectivity index (χ0v) is 13.5. The summed E-state index contributed by atoms with van der Waals surface area (Å²) in [7, 11) is 1.75. The number of methoxy groups -OCH3 is 1. The number of aliphatic imine (C=N–C) groups is 1. The Balaban J connectivity index is 1.80. The molecule has 21 heavy (non-hydrogen) atoms. The highest BCUT2D eigenvalue weighted by molar-refractivity contribution is 6.08. The highest BCUT2D eigenvalue weighted by atomic mass is 16.5. The molecule has 3 aliphatic rings. The maximum atomic E-state index is 13.0. The number of carbonyl (C=O) groups excluding carboxylic acids is 1. The third-order valence-corrected chi connectivity index (χ3v) is 5.53. The minimum atomic E-state index is -0.437. The van der Waals surface area contributed by atoms with Gasteiger partial charge in [-0.15, -0.1) is 0 Å². The summed E-state index contributed by atoms with van der Waals surface area (Å²) in [6.07, 6.45) is 2.93. The first kappa shape index (κ1) is 15.0. The summed E-state index contributed by atoms with van der Waals surface area (Å²) in [6.45, 7) is 8.73. The Kier molecular flexibility index (Phi) is 4.06. The molecule has 2 heterocycles. The van der Waals surface area contributed by atoms with Crippen molar-refractivity contribution in [1.29, 1.82) is 0 Å². The van der Waals surface area contributed by atoms with Crippen LogP contribution >= 0.6 is 0 Å². The first-order chi connectivity index (χ1) is 10.2. The van der Waals surface area contributed by atoms with Gasteiger partial charge in [-0.1, -0.05) is 6.92 Å². The number of fused-ring (bicyclic) bond motifs is 2. The van der Waals surface area contributed by atoms with Crippen LogP contribution in [-0.4, -0.2) is 67.0 Å². The van der Waals surface area contributed by atoms with Gasteiger partial charge in [-0.25, -0.2) is 0 Å². The normalized spacial score (nSPS) is 35.9. The maximum Gasteiger partial charge on any atom is 0.256 e. The molecule has 0 radical (unpaired) electrons. The lowest BCUT2D eigenvalue weighted by Gasteiger charge is -2.27. The predicted molar refractivity (Wildman–Crippen MR) is 82.4 cm³/mol. The van der Waals surface area contributed by atoms with Crippen molar-refractivity contribution in [3.63, 3.8) is 0 Å². The fourth-order valence-electron chi connectivity index (χ4n) is 4.48. The Morgan fingerprint density at radius 1 is 1.38 bits per heavy atom. The summed E-state index contributed by atoms with van der Waals surface area (Å²) in [5.74, 6) is 2.30. The summed E-state index contributed by atoms with van der Waals surface area (Å²) in [4.78, 5) is 22.3. The second-order valence-electron chi connectivity index (χ2n) is 6.51. The fraction of sp³-hybridized carbons (Fsp3) is 0.875. The van der Waals surface area contributed by atoms with E-state index in [1.54, 1.807) is 7.11 Å². The Bertz CT molecular complexity index is 451. The Morgan fingerprint density at radius 2 is 2.19 bits per heavy atom. The van der Waals surface area contributed by atoms with E-state index in [-0.39, 0.29) is 5.91 Å². The average Bonchev–Trinajstić information content (AvgIpc) is 3.12. The predicted octanol–water partition coefficient (Wildman–Crippen LogP) is 1.38. The standard InChI is InChI=1S/C16H27N3O2/c1-4-14-17-16(15(20)19(14)5-2)7-6-12-10-18(8-9-21-3)11-13(12)16/h12-13H,4-11H2,1-3H3/t12-,13+,16-/m1/s1. The molecule has 5 nitrogen and oxygen atoms in total. The highest BCUT2D eigenvalue weighted by Gasteiger charge is 2.60. The first-order valence-corrected chi connectivity index (χ1v) is 8.28. The van der Waals surface area contributed by atoms with Crippen LogP contribution in [0, 0.1) is 11.8 Å². The van der Waals surface area contributed by atoms with Crippen molar-refractivity contribution >= 4 is 11.7 Å². The van der Waals surface area contributed by atoms with E-state index in [1.807, 2.05) is 11.8 Å². The maximum absolute atomic E-state index is 13.0. The number of likely N-dealkylation sites (N-methyl/N-ethyl adjacent to an activating group) is 1. The Labute approximate surface area is 127 Å². The van der Waals surface area contributed by atoms with Gasteiger partial charge >= 0.3 is 0 Å². The summed E-state index contributed by atoms with van der Waals surface area (Å²) < 4.78 is 5.19. The van der Waals surface area contributed by atoms with Gasteiger partial charge in [0, 0.05) is 45.6 Å². The van der Waals surface area contributed by atoms with Gasteiger partial charge in [-0.05, 0) is 25.7 Å². The van der Waals surface area contributed by atoms with E-state index in [4.69, 9.17) is 9.73 Å². The second kappa shape index (κ2) is 5.69. The summed E-state index contributed by atoms with van der Waals surface area (Å²) in [6, 6.07) is 0. The van der Waals surface area contributed by atoms with Gasteiger partial charge in [0.2, 0.25) is 0 Å². The lowest BCUT2D eigenvalue weighted by atomic mass is 9.85. The lowest BCUT2D eigenvalue weighted by Crippen LogP contribution is -2.46. The van der Waals surface area contributed by atoms with E-state index in [0.717, 1.165) is 57.9 Å². The highest BCUT2D eigenvalue weighted by Crippen LogP contribution is 2.50. The average molecular weight is 293 g/mol. The number of ether oxygens (including phenoxy) is 1. The van der Waals surface area contributed by atoms with E-state index in [9.17, 15) is 4.79 Å². The molecule has 0 N–H and O–H groups in total. The molecule has 3 rings (SSSR count). The van der Waals surface area contributed by atoms with Crippen LogP contribution in [-0.2, 0) is 9.53 Å². The summed E-state index contributed by atoms with van der Waals surface area (Å²) in [5.41, 5.74) is -0.437. The number of amides is 1. The number of likely N-dealkylation sites (tertiary alicyclic amines) is 1. The molecule has 1 spiro atoms. The van der Waals surface area contributed by atoms with E-state index in [0.29, 0.717) is 11.8 Å². The number of amidine groups is 1.